The molecule has 4 heterocycles. The molecular weight excluding hydrogens is 228 g/mol. The van der Waals surface area contributed by atoms with Gasteiger partial charge in [0.1, 0.15) is 5.82 Å². The Morgan fingerprint density at radius 1 is 1.33 bits per heavy atom. The molecule has 98 valence electrons. The van der Waals surface area contributed by atoms with E-state index in [-0.39, 0.29) is 11.6 Å². The van der Waals surface area contributed by atoms with Crippen LogP contribution in [0.2, 0.25) is 0 Å². The summed E-state index contributed by atoms with van der Waals surface area (Å²) in [7, 11) is 0. The standard InChI is InChI=1S/C13H20N4O/c1-9(2)10-7-12(18)15-13(14-10)11-8-16-3-5-17(11)6-4-16/h7,9,11H,3-6,8H2,1-2H3,(H,14,15,18). The van der Waals surface area contributed by atoms with Crippen molar-refractivity contribution in [3.63, 3.8) is 0 Å². The van der Waals surface area contributed by atoms with Gasteiger partial charge in [0.05, 0.1) is 11.7 Å². The molecule has 0 spiro atoms. The zero-order valence-electron chi connectivity index (χ0n) is 11.0. The third kappa shape index (κ3) is 2.08. The molecule has 1 aromatic heterocycles. The minimum absolute atomic E-state index is 0.0265. The van der Waals surface area contributed by atoms with Crippen LogP contribution in [-0.2, 0) is 0 Å². The predicted octanol–water partition coefficient (Wildman–Crippen LogP) is 0.566. The first-order valence-corrected chi connectivity index (χ1v) is 6.71. The zero-order chi connectivity index (χ0) is 12.7. The lowest BCUT2D eigenvalue weighted by Gasteiger charge is -2.46. The Bertz CT molecular complexity index is 488. The number of aromatic amines is 1. The average molecular weight is 248 g/mol. The van der Waals surface area contributed by atoms with Gasteiger partial charge in [0, 0.05) is 38.8 Å². The highest BCUT2D eigenvalue weighted by atomic mass is 16.1. The van der Waals surface area contributed by atoms with Gasteiger partial charge in [-0.05, 0) is 5.92 Å². The van der Waals surface area contributed by atoms with E-state index in [1.165, 1.54) is 0 Å². The molecule has 1 aromatic rings. The summed E-state index contributed by atoms with van der Waals surface area (Å²) in [5.74, 6) is 1.14. The largest absolute Gasteiger partial charge is 0.309 e. The minimum atomic E-state index is -0.0265. The fourth-order valence-electron chi connectivity index (χ4n) is 2.83. The van der Waals surface area contributed by atoms with Crippen LogP contribution in [0.3, 0.4) is 0 Å². The first-order chi connectivity index (χ1) is 8.63. The lowest BCUT2D eigenvalue weighted by Crippen LogP contribution is -2.57. The molecular formula is C13H20N4O. The fourth-order valence-corrected chi connectivity index (χ4v) is 2.83. The van der Waals surface area contributed by atoms with E-state index in [9.17, 15) is 4.79 Å². The van der Waals surface area contributed by atoms with E-state index in [4.69, 9.17) is 0 Å². The van der Waals surface area contributed by atoms with Crippen molar-refractivity contribution < 1.29 is 0 Å². The van der Waals surface area contributed by atoms with Crippen molar-refractivity contribution >= 4 is 0 Å². The number of nitrogens with one attached hydrogen (secondary N) is 1. The SMILES string of the molecule is CC(C)c1cc(=O)[nH]c(C2CN3CCN2CC3)n1. The van der Waals surface area contributed by atoms with Crippen molar-refractivity contribution in [3.05, 3.63) is 27.9 Å². The first-order valence-electron chi connectivity index (χ1n) is 6.71. The van der Waals surface area contributed by atoms with Crippen LogP contribution < -0.4 is 5.56 Å². The highest BCUT2D eigenvalue weighted by Gasteiger charge is 2.34. The second-order valence-electron chi connectivity index (χ2n) is 5.56. The maximum Gasteiger partial charge on any atom is 0.251 e. The van der Waals surface area contributed by atoms with Crippen LogP contribution >= 0.6 is 0 Å². The maximum absolute atomic E-state index is 11.7. The lowest BCUT2D eigenvalue weighted by molar-refractivity contribution is 0.00844. The Morgan fingerprint density at radius 2 is 2.06 bits per heavy atom. The monoisotopic (exact) mass is 248 g/mol. The smallest absolute Gasteiger partial charge is 0.251 e. The minimum Gasteiger partial charge on any atom is -0.309 e. The van der Waals surface area contributed by atoms with Gasteiger partial charge in [-0.3, -0.25) is 14.6 Å². The van der Waals surface area contributed by atoms with E-state index in [1.807, 2.05) is 0 Å². The molecule has 0 aromatic carbocycles. The molecule has 2 bridgehead atoms. The molecule has 0 saturated carbocycles. The summed E-state index contributed by atoms with van der Waals surface area (Å²) in [5.41, 5.74) is 0.868. The molecule has 1 unspecified atom stereocenters. The predicted molar refractivity (Wildman–Crippen MR) is 69.7 cm³/mol. The van der Waals surface area contributed by atoms with Gasteiger partial charge in [0.15, 0.2) is 0 Å². The molecule has 1 atom stereocenters. The highest BCUT2D eigenvalue weighted by molar-refractivity contribution is 5.11. The molecule has 5 nitrogen and oxygen atoms in total. The number of rotatable bonds is 2. The Balaban J connectivity index is 1.94. The molecule has 3 fully saturated rings. The zero-order valence-corrected chi connectivity index (χ0v) is 11.0. The number of H-pyrrole nitrogens is 1. The third-order valence-corrected chi connectivity index (χ3v) is 3.97. The summed E-state index contributed by atoms with van der Waals surface area (Å²) in [5, 5.41) is 0. The number of aromatic nitrogens is 2. The Labute approximate surface area is 107 Å². The second kappa shape index (κ2) is 4.48. The molecule has 3 saturated heterocycles. The molecule has 3 aliphatic rings. The third-order valence-electron chi connectivity index (χ3n) is 3.97. The molecule has 0 radical (unpaired) electrons. The van der Waals surface area contributed by atoms with Crippen molar-refractivity contribution in [1.29, 1.82) is 0 Å². The van der Waals surface area contributed by atoms with Gasteiger partial charge < -0.3 is 4.98 Å². The normalized spacial score (nSPS) is 30.9. The topological polar surface area (TPSA) is 52.2 Å². The molecule has 3 aliphatic heterocycles. The van der Waals surface area contributed by atoms with Gasteiger partial charge in [0.2, 0.25) is 0 Å². The van der Waals surface area contributed by atoms with Crippen LogP contribution in [-0.4, -0.2) is 52.5 Å². The summed E-state index contributed by atoms with van der Waals surface area (Å²) in [6.45, 7) is 9.59. The van der Waals surface area contributed by atoms with Crippen LogP contribution in [0.25, 0.3) is 0 Å². The maximum atomic E-state index is 11.7. The van der Waals surface area contributed by atoms with Crippen LogP contribution in [0.1, 0.15) is 37.3 Å². The number of piperazine rings is 3. The van der Waals surface area contributed by atoms with E-state index in [0.717, 1.165) is 44.2 Å². The van der Waals surface area contributed by atoms with Gasteiger partial charge >= 0.3 is 0 Å². The molecule has 18 heavy (non-hydrogen) atoms. The van der Waals surface area contributed by atoms with Crippen LogP contribution in [0.5, 0.6) is 0 Å². The van der Waals surface area contributed by atoms with Crippen LogP contribution in [0, 0.1) is 0 Å². The molecule has 1 N–H and O–H groups in total. The summed E-state index contributed by atoms with van der Waals surface area (Å²) in [6.07, 6.45) is 0. The number of nitrogens with zero attached hydrogens (tertiary/aromatic N) is 3. The van der Waals surface area contributed by atoms with Crippen molar-refractivity contribution in [2.75, 3.05) is 32.7 Å². The van der Waals surface area contributed by atoms with Crippen molar-refractivity contribution in [2.45, 2.75) is 25.8 Å². The van der Waals surface area contributed by atoms with E-state index >= 15 is 0 Å². The lowest BCUT2D eigenvalue weighted by atomic mass is 10.1. The highest BCUT2D eigenvalue weighted by Crippen LogP contribution is 2.26. The Kier molecular flexibility index (Phi) is 2.95. The summed E-state index contributed by atoms with van der Waals surface area (Å²) in [4.78, 5) is 24.2. The van der Waals surface area contributed by atoms with Crippen molar-refractivity contribution in [2.24, 2.45) is 0 Å². The van der Waals surface area contributed by atoms with Gasteiger partial charge in [-0.2, -0.15) is 0 Å². The summed E-state index contributed by atoms with van der Waals surface area (Å²) >= 11 is 0. The Hall–Kier alpha value is -1.20. The van der Waals surface area contributed by atoms with Crippen LogP contribution in [0.15, 0.2) is 10.9 Å². The van der Waals surface area contributed by atoms with Gasteiger partial charge in [-0.1, -0.05) is 13.8 Å². The number of fused-ring (bicyclic) bond motifs is 3. The van der Waals surface area contributed by atoms with E-state index in [2.05, 4.69) is 33.6 Å². The first kappa shape index (κ1) is 11.9. The second-order valence-corrected chi connectivity index (χ2v) is 5.56. The number of hydrogen-bond acceptors (Lipinski definition) is 4. The summed E-state index contributed by atoms with van der Waals surface area (Å²) in [6, 6.07) is 1.88. The van der Waals surface area contributed by atoms with E-state index in [0.29, 0.717) is 5.92 Å². The molecule has 0 amide bonds. The van der Waals surface area contributed by atoms with Gasteiger partial charge in [-0.15, -0.1) is 0 Å². The fraction of sp³-hybridized carbons (Fsp3) is 0.692. The van der Waals surface area contributed by atoms with Gasteiger partial charge in [-0.25, -0.2) is 4.98 Å². The van der Waals surface area contributed by atoms with Crippen molar-refractivity contribution in [3.8, 4) is 0 Å². The molecule has 4 rings (SSSR count). The van der Waals surface area contributed by atoms with Crippen molar-refractivity contribution in [1.82, 2.24) is 19.8 Å². The Morgan fingerprint density at radius 3 is 2.61 bits per heavy atom. The number of hydrogen-bond donors (Lipinski definition) is 1. The van der Waals surface area contributed by atoms with E-state index in [1.54, 1.807) is 6.07 Å². The van der Waals surface area contributed by atoms with Gasteiger partial charge in [0.25, 0.3) is 5.56 Å². The molecule has 0 aliphatic carbocycles. The summed E-state index contributed by atoms with van der Waals surface area (Å²) < 4.78 is 0. The average Bonchev–Trinajstić information content (AvgIpc) is 2.39. The van der Waals surface area contributed by atoms with E-state index < -0.39 is 0 Å². The molecule has 5 heteroatoms. The van der Waals surface area contributed by atoms with Crippen LogP contribution in [0.4, 0.5) is 0 Å². The quantitative estimate of drug-likeness (QED) is 0.831.